The Kier molecular flexibility index (Phi) is 4.10. The van der Waals surface area contributed by atoms with Gasteiger partial charge in [-0.15, -0.1) is 0 Å². The van der Waals surface area contributed by atoms with E-state index in [2.05, 4.69) is 110 Å². The lowest BCUT2D eigenvalue weighted by molar-refractivity contribution is 1.14. The van der Waals surface area contributed by atoms with Gasteiger partial charge in [0.1, 0.15) is 0 Å². The van der Waals surface area contributed by atoms with Crippen LogP contribution in [0.3, 0.4) is 0 Å². The lowest BCUT2D eigenvalue weighted by atomic mass is 9.96. The van der Waals surface area contributed by atoms with Crippen LogP contribution >= 0.6 is 0 Å². The minimum Gasteiger partial charge on any atom is -0.309 e. The molecule has 0 aliphatic carbocycles. The summed E-state index contributed by atoms with van der Waals surface area (Å²) in [6, 6.07) is 30.6. The molecule has 0 radical (unpaired) electrons. The Hall–Kier alpha value is -3.58. The van der Waals surface area contributed by atoms with Crippen LogP contribution in [0.2, 0.25) is 0 Å². The quantitative estimate of drug-likeness (QED) is 0.305. The number of aromatic nitrogens is 1. The standard InChI is InChI=1S/C28H23N/c1-4-21-13-15-22(16-14-21)25-17-20(3)28(18-19(25)2)29-26-11-7-5-9-23(26)24-10-6-8-12-27(24)29/h4-18H,1H2,2-3H3. The predicted octanol–water partition coefficient (Wildman–Crippen LogP) is 7.71. The van der Waals surface area contributed by atoms with Gasteiger partial charge in [0.2, 0.25) is 0 Å². The normalized spacial score (nSPS) is 11.2. The highest BCUT2D eigenvalue weighted by molar-refractivity contribution is 6.09. The first-order valence-electron chi connectivity index (χ1n) is 10.00. The van der Waals surface area contributed by atoms with Crippen molar-refractivity contribution in [3.05, 3.63) is 108 Å². The van der Waals surface area contributed by atoms with E-state index in [9.17, 15) is 0 Å². The van der Waals surface area contributed by atoms with Crippen LogP contribution in [0.25, 0.3) is 44.7 Å². The number of benzene rings is 4. The van der Waals surface area contributed by atoms with Crippen LogP contribution in [0.15, 0.2) is 91.5 Å². The first-order chi connectivity index (χ1) is 14.2. The maximum atomic E-state index is 3.85. The molecule has 1 aromatic heterocycles. The molecule has 0 N–H and O–H groups in total. The molecule has 4 aromatic carbocycles. The van der Waals surface area contributed by atoms with Gasteiger partial charge in [-0.2, -0.15) is 0 Å². The molecule has 29 heavy (non-hydrogen) atoms. The molecule has 0 fully saturated rings. The molecule has 1 heterocycles. The minimum atomic E-state index is 1.14. The summed E-state index contributed by atoms with van der Waals surface area (Å²) in [5.41, 5.74) is 9.95. The van der Waals surface area contributed by atoms with Gasteiger partial charge in [-0.1, -0.05) is 73.3 Å². The molecule has 0 atom stereocenters. The topological polar surface area (TPSA) is 4.93 Å². The van der Waals surface area contributed by atoms with Crippen LogP contribution < -0.4 is 0 Å². The maximum Gasteiger partial charge on any atom is 0.0541 e. The lowest BCUT2D eigenvalue weighted by Crippen LogP contribution is -1.99. The van der Waals surface area contributed by atoms with Crippen LogP contribution in [0.5, 0.6) is 0 Å². The highest BCUT2D eigenvalue weighted by atomic mass is 15.0. The summed E-state index contributed by atoms with van der Waals surface area (Å²) < 4.78 is 2.40. The summed E-state index contributed by atoms with van der Waals surface area (Å²) >= 11 is 0. The van der Waals surface area contributed by atoms with Crippen LogP contribution in [-0.2, 0) is 0 Å². The predicted molar refractivity (Wildman–Crippen MR) is 126 cm³/mol. The third-order valence-corrected chi connectivity index (χ3v) is 5.82. The molecule has 0 saturated heterocycles. The van der Waals surface area contributed by atoms with Gasteiger partial charge in [0.25, 0.3) is 0 Å². The number of para-hydroxylation sites is 2. The number of nitrogens with zero attached hydrogens (tertiary/aromatic N) is 1. The third-order valence-electron chi connectivity index (χ3n) is 5.82. The molecule has 5 rings (SSSR count). The van der Waals surface area contributed by atoms with Crippen molar-refractivity contribution in [3.8, 4) is 16.8 Å². The molecule has 1 heteroatoms. The van der Waals surface area contributed by atoms with Crippen molar-refractivity contribution >= 4 is 27.9 Å². The van der Waals surface area contributed by atoms with Gasteiger partial charge in [0, 0.05) is 16.5 Å². The zero-order valence-electron chi connectivity index (χ0n) is 16.8. The molecule has 0 bridgehead atoms. The number of fused-ring (bicyclic) bond motifs is 3. The van der Waals surface area contributed by atoms with E-state index in [1.807, 2.05) is 6.08 Å². The SMILES string of the molecule is C=Cc1ccc(-c2cc(C)c(-n3c4ccccc4c4ccccc43)cc2C)cc1. The summed E-state index contributed by atoms with van der Waals surface area (Å²) in [4.78, 5) is 0. The molecule has 1 nitrogen and oxygen atoms in total. The Bertz CT molecular complexity index is 1310. The molecular formula is C28H23N. The average Bonchev–Trinajstić information content (AvgIpc) is 3.10. The highest BCUT2D eigenvalue weighted by Gasteiger charge is 2.14. The van der Waals surface area contributed by atoms with Crippen molar-refractivity contribution in [2.45, 2.75) is 13.8 Å². The van der Waals surface area contributed by atoms with Crippen molar-refractivity contribution in [1.29, 1.82) is 0 Å². The monoisotopic (exact) mass is 373 g/mol. The molecule has 0 unspecified atom stereocenters. The van der Waals surface area contributed by atoms with E-state index < -0.39 is 0 Å². The van der Waals surface area contributed by atoms with Crippen LogP contribution in [-0.4, -0.2) is 4.57 Å². The zero-order valence-corrected chi connectivity index (χ0v) is 16.8. The summed E-state index contributed by atoms with van der Waals surface area (Å²) in [6.07, 6.45) is 1.88. The van der Waals surface area contributed by atoms with Crippen LogP contribution in [0.1, 0.15) is 16.7 Å². The van der Waals surface area contributed by atoms with Crippen molar-refractivity contribution in [1.82, 2.24) is 4.57 Å². The second-order valence-corrected chi connectivity index (χ2v) is 7.65. The zero-order chi connectivity index (χ0) is 20.0. The molecular weight excluding hydrogens is 350 g/mol. The Balaban J connectivity index is 1.75. The van der Waals surface area contributed by atoms with E-state index in [1.165, 1.54) is 49.7 Å². The first kappa shape index (κ1) is 17.5. The van der Waals surface area contributed by atoms with Gasteiger partial charge in [0.15, 0.2) is 0 Å². The Morgan fingerprint density at radius 1 is 0.690 bits per heavy atom. The number of rotatable bonds is 3. The Morgan fingerprint density at radius 3 is 1.86 bits per heavy atom. The molecule has 0 spiro atoms. The fraction of sp³-hybridized carbons (Fsp3) is 0.0714. The van der Waals surface area contributed by atoms with E-state index in [4.69, 9.17) is 0 Å². The van der Waals surface area contributed by atoms with E-state index in [-0.39, 0.29) is 0 Å². The summed E-state index contributed by atoms with van der Waals surface area (Å²) in [7, 11) is 0. The van der Waals surface area contributed by atoms with Gasteiger partial charge < -0.3 is 4.57 Å². The number of hydrogen-bond acceptors (Lipinski definition) is 0. The van der Waals surface area contributed by atoms with E-state index in [1.54, 1.807) is 0 Å². The fourth-order valence-electron chi connectivity index (χ4n) is 4.33. The Morgan fingerprint density at radius 2 is 1.28 bits per heavy atom. The molecule has 0 aliphatic heterocycles. The first-order valence-corrected chi connectivity index (χ1v) is 10.00. The van der Waals surface area contributed by atoms with E-state index in [0.717, 1.165) is 5.56 Å². The summed E-state index contributed by atoms with van der Waals surface area (Å²) in [5.74, 6) is 0. The highest BCUT2D eigenvalue weighted by Crippen LogP contribution is 2.35. The van der Waals surface area contributed by atoms with Crippen LogP contribution in [0.4, 0.5) is 0 Å². The smallest absolute Gasteiger partial charge is 0.0541 e. The minimum absolute atomic E-state index is 1.14. The molecule has 0 amide bonds. The third kappa shape index (κ3) is 2.78. The van der Waals surface area contributed by atoms with Gasteiger partial charge in [0.05, 0.1) is 11.0 Å². The van der Waals surface area contributed by atoms with Gasteiger partial charge in [-0.25, -0.2) is 0 Å². The van der Waals surface area contributed by atoms with Gasteiger partial charge >= 0.3 is 0 Å². The average molecular weight is 373 g/mol. The van der Waals surface area contributed by atoms with Crippen molar-refractivity contribution in [2.24, 2.45) is 0 Å². The largest absolute Gasteiger partial charge is 0.309 e. The molecule has 140 valence electrons. The van der Waals surface area contributed by atoms with E-state index in [0.29, 0.717) is 0 Å². The van der Waals surface area contributed by atoms with E-state index >= 15 is 0 Å². The molecule has 5 aromatic rings. The number of hydrogen-bond donors (Lipinski definition) is 0. The van der Waals surface area contributed by atoms with Gasteiger partial charge in [-0.3, -0.25) is 0 Å². The second-order valence-electron chi connectivity index (χ2n) is 7.65. The van der Waals surface area contributed by atoms with Gasteiger partial charge in [-0.05, 0) is 65.9 Å². The van der Waals surface area contributed by atoms with Crippen LogP contribution in [0, 0.1) is 13.8 Å². The second kappa shape index (κ2) is 6.79. The number of aryl methyl sites for hydroxylation is 2. The van der Waals surface area contributed by atoms with Crippen molar-refractivity contribution in [2.75, 3.05) is 0 Å². The molecule has 0 aliphatic rings. The lowest BCUT2D eigenvalue weighted by Gasteiger charge is -2.16. The summed E-state index contributed by atoms with van der Waals surface area (Å²) in [5, 5.41) is 2.59. The van der Waals surface area contributed by atoms with Crippen molar-refractivity contribution in [3.63, 3.8) is 0 Å². The van der Waals surface area contributed by atoms with Crippen molar-refractivity contribution < 1.29 is 0 Å². The maximum absolute atomic E-state index is 3.85. The fourth-order valence-corrected chi connectivity index (χ4v) is 4.33. The summed E-state index contributed by atoms with van der Waals surface area (Å²) in [6.45, 7) is 8.26. The molecule has 0 saturated carbocycles. The Labute approximate surface area is 171 Å².